The largest absolute Gasteiger partial charge is 0.420 e. The first-order chi connectivity index (χ1) is 8.75. The fourth-order valence-corrected chi connectivity index (χ4v) is 2.93. The summed E-state index contributed by atoms with van der Waals surface area (Å²) in [5.74, 6) is 1.89. The molecule has 3 nitrogen and oxygen atoms in total. The molecular formula is C14H15BrN2O. The Bertz CT molecular complexity index is 559. The van der Waals surface area contributed by atoms with Crippen molar-refractivity contribution in [1.29, 1.82) is 0 Å². The zero-order valence-corrected chi connectivity index (χ0v) is 11.9. The van der Waals surface area contributed by atoms with Gasteiger partial charge in [0.2, 0.25) is 11.8 Å². The standard InChI is InChI=1S/C14H15BrN2O/c1-9-5-4-8-11(12(9)15)14-17-16-13(18-14)10-6-2-3-7-10/h4-5,8,10H,2-3,6-7H2,1H3. The monoisotopic (exact) mass is 306 g/mol. The van der Waals surface area contributed by atoms with Crippen molar-refractivity contribution in [2.24, 2.45) is 0 Å². The Balaban J connectivity index is 1.95. The van der Waals surface area contributed by atoms with Gasteiger partial charge in [-0.2, -0.15) is 0 Å². The van der Waals surface area contributed by atoms with Crippen molar-refractivity contribution in [3.05, 3.63) is 34.1 Å². The van der Waals surface area contributed by atoms with Gasteiger partial charge in [0.05, 0.1) is 5.56 Å². The van der Waals surface area contributed by atoms with Crippen molar-refractivity contribution >= 4 is 15.9 Å². The molecule has 0 radical (unpaired) electrons. The van der Waals surface area contributed by atoms with E-state index in [-0.39, 0.29) is 0 Å². The molecule has 2 aromatic rings. The zero-order valence-electron chi connectivity index (χ0n) is 10.3. The van der Waals surface area contributed by atoms with Crippen molar-refractivity contribution in [2.75, 3.05) is 0 Å². The molecule has 94 valence electrons. The number of aromatic nitrogens is 2. The SMILES string of the molecule is Cc1cccc(-c2nnc(C3CCCC3)o2)c1Br. The molecule has 1 aromatic carbocycles. The van der Waals surface area contributed by atoms with Crippen LogP contribution >= 0.6 is 15.9 Å². The van der Waals surface area contributed by atoms with E-state index in [9.17, 15) is 0 Å². The lowest BCUT2D eigenvalue weighted by molar-refractivity contribution is 0.457. The molecule has 0 saturated heterocycles. The highest BCUT2D eigenvalue weighted by molar-refractivity contribution is 9.10. The van der Waals surface area contributed by atoms with E-state index in [1.165, 1.54) is 31.2 Å². The molecule has 4 heteroatoms. The van der Waals surface area contributed by atoms with Gasteiger partial charge in [0.15, 0.2) is 0 Å². The van der Waals surface area contributed by atoms with E-state index in [1.807, 2.05) is 12.1 Å². The van der Waals surface area contributed by atoms with Crippen LogP contribution in [0.2, 0.25) is 0 Å². The van der Waals surface area contributed by atoms with E-state index in [1.54, 1.807) is 0 Å². The van der Waals surface area contributed by atoms with Crippen molar-refractivity contribution in [3.8, 4) is 11.5 Å². The minimum Gasteiger partial charge on any atom is -0.420 e. The first kappa shape index (κ1) is 11.9. The van der Waals surface area contributed by atoms with E-state index < -0.39 is 0 Å². The van der Waals surface area contributed by atoms with Crippen LogP contribution in [0.15, 0.2) is 27.1 Å². The topological polar surface area (TPSA) is 38.9 Å². The van der Waals surface area contributed by atoms with Gasteiger partial charge in [0, 0.05) is 10.4 Å². The maximum absolute atomic E-state index is 5.84. The van der Waals surface area contributed by atoms with Gasteiger partial charge < -0.3 is 4.42 Å². The zero-order chi connectivity index (χ0) is 12.5. The molecule has 1 aliphatic carbocycles. The lowest BCUT2D eigenvalue weighted by Gasteiger charge is -2.03. The third-order valence-corrected chi connectivity index (χ3v) is 4.62. The van der Waals surface area contributed by atoms with Crippen LogP contribution in [0.1, 0.15) is 43.1 Å². The van der Waals surface area contributed by atoms with Crippen LogP contribution in [-0.2, 0) is 0 Å². The maximum Gasteiger partial charge on any atom is 0.248 e. The molecule has 0 N–H and O–H groups in total. The molecule has 1 fully saturated rings. The number of hydrogen-bond donors (Lipinski definition) is 0. The summed E-state index contributed by atoms with van der Waals surface area (Å²) in [5, 5.41) is 8.39. The van der Waals surface area contributed by atoms with Crippen LogP contribution in [-0.4, -0.2) is 10.2 Å². The third kappa shape index (κ3) is 2.09. The Morgan fingerprint density at radius 1 is 1.22 bits per heavy atom. The third-order valence-electron chi connectivity index (χ3n) is 3.57. The molecule has 0 amide bonds. The van der Waals surface area contributed by atoms with Crippen LogP contribution in [0.25, 0.3) is 11.5 Å². The summed E-state index contributed by atoms with van der Waals surface area (Å²) in [6.45, 7) is 2.06. The van der Waals surface area contributed by atoms with Gasteiger partial charge in [-0.15, -0.1) is 10.2 Å². The number of benzene rings is 1. The summed E-state index contributed by atoms with van der Waals surface area (Å²) in [6, 6.07) is 6.07. The number of halogens is 1. The average molecular weight is 307 g/mol. The van der Waals surface area contributed by atoms with Crippen molar-refractivity contribution < 1.29 is 4.42 Å². The summed E-state index contributed by atoms with van der Waals surface area (Å²) in [4.78, 5) is 0. The molecule has 1 heterocycles. The highest BCUT2D eigenvalue weighted by atomic mass is 79.9. The molecular weight excluding hydrogens is 292 g/mol. The minimum absolute atomic E-state index is 0.467. The first-order valence-corrected chi connectivity index (χ1v) is 7.14. The van der Waals surface area contributed by atoms with Gasteiger partial charge in [-0.3, -0.25) is 0 Å². The molecule has 0 bridgehead atoms. The molecule has 1 aliphatic rings. The smallest absolute Gasteiger partial charge is 0.248 e. The van der Waals surface area contributed by atoms with Gasteiger partial charge in [-0.1, -0.05) is 25.0 Å². The molecule has 18 heavy (non-hydrogen) atoms. The molecule has 0 atom stereocenters. The highest BCUT2D eigenvalue weighted by Crippen LogP contribution is 2.36. The summed E-state index contributed by atoms with van der Waals surface area (Å²) < 4.78 is 6.87. The van der Waals surface area contributed by atoms with E-state index in [0.29, 0.717) is 11.8 Å². The minimum atomic E-state index is 0.467. The number of nitrogens with zero attached hydrogens (tertiary/aromatic N) is 2. The second-order valence-electron chi connectivity index (χ2n) is 4.86. The fourth-order valence-electron chi connectivity index (χ4n) is 2.49. The van der Waals surface area contributed by atoms with Crippen LogP contribution in [0, 0.1) is 6.92 Å². The number of rotatable bonds is 2. The Hall–Kier alpha value is -1.16. The molecule has 0 spiro atoms. The second-order valence-corrected chi connectivity index (χ2v) is 5.66. The molecule has 1 aromatic heterocycles. The maximum atomic E-state index is 5.84. The molecule has 0 unspecified atom stereocenters. The summed E-state index contributed by atoms with van der Waals surface area (Å²) in [7, 11) is 0. The van der Waals surface area contributed by atoms with Gasteiger partial charge in [-0.25, -0.2) is 0 Å². The first-order valence-electron chi connectivity index (χ1n) is 6.34. The van der Waals surface area contributed by atoms with Crippen molar-refractivity contribution in [1.82, 2.24) is 10.2 Å². The number of hydrogen-bond acceptors (Lipinski definition) is 3. The summed E-state index contributed by atoms with van der Waals surface area (Å²) in [6.07, 6.45) is 4.90. The van der Waals surface area contributed by atoms with E-state index in [0.717, 1.165) is 15.9 Å². The van der Waals surface area contributed by atoms with Crippen molar-refractivity contribution in [2.45, 2.75) is 38.5 Å². The van der Waals surface area contributed by atoms with Gasteiger partial charge in [0.25, 0.3) is 0 Å². The quantitative estimate of drug-likeness (QED) is 0.822. The predicted molar refractivity (Wildman–Crippen MR) is 73.4 cm³/mol. The normalized spacial score (nSPS) is 16.3. The Morgan fingerprint density at radius 2 is 2.00 bits per heavy atom. The van der Waals surface area contributed by atoms with Crippen molar-refractivity contribution in [3.63, 3.8) is 0 Å². The average Bonchev–Trinajstić information content (AvgIpc) is 3.01. The highest BCUT2D eigenvalue weighted by Gasteiger charge is 2.23. The van der Waals surface area contributed by atoms with Gasteiger partial charge in [0.1, 0.15) is 0 Å². The molecule has 1 saturated carbocycles. The molecule has 3 rings (SSSR count). The van der Waals surface area contributed by atoms with Gasteiger partial charge in [-0.05, 0) is 47.3 Å². The van der Waals surface area contributed by atoms with Crippen LogP contribution in [0.4, 0.5) is 0 Å². The van der Waals surface area contributed by atoms with E-state index in [4.69, 9.17) is 4.42 Å². The van der Waals surface area contributed by atoms with E-state index >= 15 is 0 Å². The second kappa shape index (κ2) is 4.84. The van der Waals surface area contributed by atoms with Crippen LogP contribution in [0.3, 0.4) is 0 Å². The Labute approximate surface area is 115 Å². The Kier molecular flexibility index (Phi) is 3.20. The van der Waals surface area contributed by atoms with Crippen LogP contribution in [0.5, 0.6) is 0 Å². The molecule has 0 aliphatic heterocycles. The lowest BCUT2D eigenvalue weighted by atomic mass is 10.1. The van der Waals surface area contributed by atoms with Gasteiger partial charge >= 0.3 is 0 Å². The van der Waals surface area contributed by atoms with Crippen LogP contribution < -0.4 is 0 Å². The Morgan fingerprint density at radius 3 is 2.78 bits per heavy atom. The number of aryl methyl sites for hydroxylation is 1. The summed E-state index contributed by atoms with van der Waals surface area (Å²) in [5.41, 5.74) is 2.15. The fraction of sp³-hybridized carbons (Fsp3) is 0.429. The summed E-state index contributed by atoms with van der Waals surface area (Å²) >= 11 is 3.58. The van der Waals surface area contributed by atoms with E-state index in [2.05, 4.69) is 39.1 Å². The predicted octanol–water partition coefficient (Wildman–Crippen LogP) is 4.47. The lowest BCUT2D eigenvalue weighted by Crippen LogP contribution is -1.91.